The molecule has 0 fully saturated rings. The van der Waals surface area contributed by atoms with E-state index in [0.29, 0.717) is 11.5 Å². The zero-order valence-electron chi connectivity index (χ0n) is 12.6. The highest BCUT2D eigenvalue weighted by Crippen LogP contribution is 2.17. The second-order valence-corrected chi connectivity index (χ2v) is 5.64. The van der Waals surface area contributed by atoms with Crippen LogP contribution < -0.4 is 5.32 Å². The first-order chi connectivity index (χ1) is 9.03. The number of carboxylic acids is 1. The maximum Gasteiger partial charge on any atom is 0.408 e. The van der Waals surface area contributed by atoms with Crippen LogP contribution in [0.4, 0.5) is 4.79 Å². The quantitative estimate of drug-likeness (QED) is 0.885. The minimum Gasteiger partial charge on any atom is -0.476 e. The van der Waals surface area contributed by atoms with Gasteiger partial charge in [-0.05, 0) is 34.6 Å². The summed E-state index contributed by atoms with van der Waals surface area (Å²) in [5, 5.41) is 11.7. The molecule has 0 radical (unpaired) electrons. The molecule has 1 rings (SSSR count). The zero-order valence-corrected chi connectivity index (χ0v) is 12.6. The molecule has 1 aromatic rings. The van der Waals surface area contributed by atoms with E-state index < -0.39 is 23.7 Å². The molecular formula is C13H21N3O4. The molecule has 0 aliphatic heterocycles. The predicted octanol–water partition coefficient (Wildman–Crippen LogP) is 2.01. The Hall–Kier alpha value is -2.05. The number of carbonyl (C=O) groups is 2. The number of aromatic nitrogens is 2. The number of aromatic carboxylic acids is 1. The number of imidazole rings is 1. The van der Waals surface area contributed by atoms with Crippen LogP contribution in [-0.4, -0.2) is 32.3 Å². The van der Waals surface area contributed by atoms with Gasteiger partial charge in [0.25, 0.3) is 0 Å². The Morgan fingerprint density at radius 1 is 1.40 bits per heavy atom. The van der Waals surface area contributed by atoms with Crippen LogP contribution in [0.25, 0.3) is 0 Å². The Morgan fingerprint density at radius 3 is 2.35 bits per heavy atom. The molecule has 0 saturated heterocycles. The molecule has 1 aromatic heterocycles. The Balaban J connectivity index is 2.88. The van der Waals surface area contributed by atoms with Gasteiger partial charge < -0.3 is 19.7 Å². The summed E-state index contributed by atoms with van der Waals surface area (Å²) in [4.78, 5) is 26.8. The highest BCUT2D eigenvalue weighted by Gasteiger charge is 2.23. The van der Waals surface area contributed by atoms with Gasteiger partial charge in [-0.25, -0.2) is 14.6 Å². The molecule has 7 nitrogen and oxygen atoms in total. The third kappa shape index (κ3) is 3.72. The Bertz CT molecular complexity index is 528. The van der Waals surface area contributed by atoms with Crippen molar-refractivity contribution in [3.63, 3.8) is 0 Å². The second-order valence-electron chi connectivity index (χ2n) is 5.64. The second kappa shape index (κ2) is 5.52. The monoisotopic (exact) mass is 283 g/mol. The van der Waals surface area contributed by atoms with E-state index in [9.17, 15) is 9.59 Å². The molecule has 0 unspecified atom stereocenters. The molecule has 1 heterocycles. The minimum atomic E-state index is -1.09. The van der Waals surface area contributed by atoms with Gasteiger partial charge in [0.2, 0.25) is 0 Å². The number of nitrogens with zero attached hydrogens (tertiary/aromatic N) is 2. The van der Waals surface area contributed by atoms with Gasteiger partial charge in [0.05, 0.1) is 6.04 Å². The lowest BCUT2D eigenvalue weighted by Crippen LogP contribution is -2.34. The van der Waals surface area contributed by atoms with Gasteiger partial charge in [-0.1, -0.05) is 0 Å². The number of ether oxygens (including phenoxy) is 1. The topological polar surface area (TPSA) is 93.4 Å². The summed E-state index contributed by atoms with van der Waals surface area (Å²) in [7, 11) is 1.71. The lowest BCUT2D eigenvalue weighted by atomic mass is 10.2. The van der Waals surface area contributed by atoms with Crippen molar-refractivity contribution in [1.82, 2.24) is 14.9 Å². The van der Waals surface area contributed by atoms with E-state index in [-0.39, 0.29) is 5.69 Å². The molecule has 1 amide bonds. The summed E-state index contributed by atoms with van der Waals surface area (Å²) in [6, 6.07) is -0.457. The third-order valence-corrected chi connectivity index (χ3v) is 2.74. The summed E-state index contributed by atoms with van der Waals surface area (Å²) < 4.78 is 6.80. The molecule has 0 saturated carbocycles. The number of alkyl carbamates (subject to hydrolysis) is 1. The van der Waals surface area contributed by atoms with E-state index in [4.69, 9.17) is 9.84 Å². The first kappa shape index (κ1) is 16.0. The third-order valence-electron chi connectivity index (χ3n) is 2.74. The van der Waals surface area contributed by atoms with Crippen LogP contribution in [0.3, 0.4) is 0 Å². The summed E-state index contributed by atoms with van der Waals surface area (Å²) in [6.45, 7) is 8.69. The van der Waals surface area contributed by atoms with Crippen LogP contribution in [0, 0.1) is 6.92 Å². The Labute approximate surface area is 118 Å². The van der Waals surface area contributed by atoms with Crippen LogP contribution in [-0.2, 0) is 11.8 Å². The lowest BCUT2D eigenvalue weighted by molar-refractivity contribution is 0.0505. The predicted molar refractivity (Wildman–Crippen MR) is 72.7 cm³/mol. The molecule has 20 heavy (non-hydrogen) atoms. The Morgan fingerprint density at radius 2 is 1.95 bits per heavy atom. The number of rotatable bonds is 3. The average Bonchev–Trinajstić information content (AvgIpc) is 2.53. The van der Waals surface area contributed by atoms with Crippen molar-refractivity contribution in [2.75, 3.05) is 0 Å². The molecule has 0 aliphatic rings. The molecular weight excluding hydrogens is 262 g/mol. The normalized spacial score (nSPS) is 12.9. The summed E-state index contributed by atoms with van der Waals surface area (Å²) >= 11 is 0. The van der Waals surface area contributed by atoms with Crippen molar-refractivity contribution in [1.29, 1.82) is 0 Å². The van der Waals surface area contributed by atoms with Crippen molar-refractivity contribution in [2.24, 2.45) is 7.05 Å². The van der Waals surface area contributed by atoms with Crippen LogP contribution in [0.5, 0.6) is 0 Å². The van der Waals surface area contributed by atoms with Crippen LogP contribution in [0.2, 0.25) is 0 Å². The van der Waals surface area contributed by atoms with Gasteiger partial charge in [0.1, 0.15) is 11.4 Å². The minimum absolute atomic E-state index is 0.0136. The highest BCUT2D eigenvalue weighted by atomic mass is 16.6. The number of hydrogen-bond acceptors (Lipinski definition) is 4. The number of amides is 1. The van der Waals surface area contributed by atoms with Gasteiger partial charge in [-0.3, -0.25) is 0 Å². The van der Waals surface area contributed by atoms with E-state index in [1.807, 2.05) is 0 Å². The van der Waals surface area contributed by atoms with Crippen LogP contribution in [0.15, 0.2) is 0 Å². The van der Waals surface area contributed by atoms with E-state index in [1.54, 1.807) is 46.2 Å². The maximum absolute atomic E-state index is 11.7. The number of carbonyl (C=O) groups excluding carboxylic acids is 1. The molecule has 2 N–H and O–H groups in total. The summed E-state index contributed by atoms with van der Waals surface area (Å²) in [5.41, 5.74) is -0.0706. The molecule has 0 bridgehead atoms. The SMILES string of the molecule is Cc1c(C(=O)O)nc([C@H](C)NC(=O)OC(C)(C)C)n1C. The molecule has 1 atom stereocenters. The van der Waals surface area contributed by atoms with E-state index >= 15 is 0 Å². The fraction of sp³-hybridized carbons (Fsp3) is 0.615. The standard InChI is InChI=1S/C13H21N3O4/c1-7(14-12(19)20-13(3,4)5)10-15-9(11(17)18)8(2)16(10)6/h7H,1-6H3,(H,14,19)(H,17,18)/t7-/m0/s1. The van der Waals surface area contributed by atoms with Gasteiger partial charge in [-0.2, -0.15) is 0 Å². The van der Waals surface area contributed by atoms with Crippen molar-refractivity contribution in [3.8, 4) is 0 Å². The van der Waals surface area contributed by atoms with Gasteiger partial charge in [-0.15, -0.1) is 0 Å². The van der Waals surface area contributed by atoms with Crippen molar-refractivity contribution >= 4 is 12.1 Å². The molecule has 0 aliphatic carbocycles. The summed E-state index contributed by atoms with van der Waals surface area (Å²) in [6.07, 6.45) is -0.567. The molecule has 7 heteroatoms. The average molecular weight is 283 g/mol. The number of nitrogens with one attached hydrogen (secondary N) is 1. The molecule has 0 spiro atoms. The van der Waals surface area contributed by atoms with Crippen molar-refractivity contribution in [3.05, 3.63) is 17.2 Å². The Kier molecular flexibility index (Phi) is 4.42. The van der Waals surface area contributed by atoms with Gasteiger partial charge >= 0.3 is 12.1 Å². The van der Waals surface area contributed by atoms with E-state index in [0.717, 1.165) is 0 Å². The molecule has 112 valence electrons. The zero-order chi connectivity index (χ0) is 15.7. The van der Waals surface area contributed by atoms with Crippen molar-refractivity contribution in [2.45, 2.75) is 46.3 Å². The number of hydrogen-bond donors (Lipinski definition) is 2. The fourth-order valence-corrected chi connectivity index (χ4v) is 1.74. The fourth-order valence-electron chi connectivity index (χ4n) is 1.74. The van der Waals surface area contributed by atoms with E-state index in [2.05, 4.69) is 10.3 Å². The van der Waals surface area contributed by atoms with Crippen LogP contribution in [0.1, 0.15) is 55.7 Å². The first-order valence-corrected chi connectivity index (χ1v) is 6.29. The maximum atomic E-state index is 11.7. The largest absolute Gasteiger partial charge is 0.476 e. The lowest BCUT2D eigenvalue weighted by Gasteiger charge is -2.21. The van der Waals surface area contributed by atoms with E-state index in [1.165, 1.54) is 0 Å². The van der Waals surface area contributed by atoms with Gasteiger partial charge in [0.15, 0.2) is 5.69 Å². The van der Waals surface area contributed by atoms with Gasteiger partial charge in [0, 0.05) is 12.7 Å². The smallest absolute Gasteiger partial charge is 0.408 e. The summed E-state index contributed by atoms with van der Waals surface area (Å²) in [5.74, 6) is -0.625. The molecule has 0 aromatic carbocycles. The number of carboxylic acid groups (broad SMARTS) is 1. The highest BCUT2D eigenvalue weighted by molar-refractivity contribution is 5.86. The van der Waals surface area contributed by atoms with Crippen molar-refractivity contribution < 1.29 is 19.4 Å². The van der Waals surface area contributed by atoms with Crippen LogP contribution >= 0.6 is 0 Å². The first-order valence-electron chi connectivity index (χ1n) is 6.29.